The summed E-state index contributed by atoms with van der Waals surface area (Å²) in [4.78, 5) is 12.2. The largest absolute Gasteiger partial charge is 0.396 e. The summed E-state index contributed by atoms with van der Waals surface area (Å²) in [6.45, 7) is 2.61. The van der Waals surface area contributed by atoms with Crippen LogP contribution in [0.25, 0.3) is 0 Å². The van der Waals surface area contributed by atoms with Crippen molar-refractivity contribution in [2.45, 2.75) is 25.9 Å². The number of nitrogens with zero attached hydrogens (tertiary/aromatic N) is 2. The number of hydrogen-bond donors (Lipinski definition) is 3. The Labute approximate surface area is 141 Å². The second-order valence-electron chi connectivity index (χ2n) is 6.08. The SMILES string of the molecule is Cc1cc(NC(=O)N[C@@H]2C=C[C@H](CO)C2)n(Cc2ccccc2)n1. The lowest BCUT2D eigenvalue weighted by Crippen LogP contribution is -2.36. The normalized spacial score (nSPS) is 19.4. The molecule has 2 amide bonds. The van der Waals surface area contributed by atoms with Gasteiger partial charge in [-0.25, -0.2) is 9.48 Å². The van der Waals surface area contributed by atoms with Crippen molar-refractivity contribution in [3.05, 3.63) is 59.8 Å². The van der Waals surface area contributed by atoms with Crippen molar-refractivity contribution in [3.63, 3.8) is 0 Å². The van der Waals surface area contributed by atoms with Crippen LogP contribution in [0.1, 0.15) is 17.7 Å². The predicted octanol–water partition coefficient (Wildman–Crippen LogP) is 2.30. The molecule has 0 unspecified atom stereocenters. The molecule has 6 heteroatoms. The molecule has 0 fully saturated rings. The molecule has 0 saturated heterocycles. The first kappa shape index (κ1) is 16.3. The van der Waals surface area contributed by atoms with Gasteiger partial charge in [-0.05, 0) is 18.9 Å². The number of benzene rings is 1. The molecule has 1 heterocycles. The number of carbonyl (C=O) groups is 1. The number of anilines is 1. The van der Waals surface area contributed by atoms with Gasteiger partial charge < -0.3 is 10.4 Å². The maximum absolute atomic E-state index is 12.2. The maximum atomic E-state index is 12.2. The molecule has 2 aromatic rings. The molecule has 0 spiro atoms. The monoisotopic (exact) mass is 326 g/mol. The van der Waals surface area contributed by atoms with Crippen LogP contribution in [0, 0.1) is 12.8 Å². The molecule has 1 aromatic heterocycles. The summed E-state index contributed by atoms with van der Waals surface area (Å²) in [5.41, 5.74) is 1.97. The molecular formula is C18H22N4O2. The number of aryl methyl sites for hydroxylation is 1. The number of aromatic nitrogens is 2. The quantitative estimate of drug-likeness (QED) is 0.738. The maximum Gasteiger partial charge on any atom is 0.320 e. The Bertz CT molecular complexity index is 724. The van der Waals surface area contributed by atoms with Crippen molar-refractivity contribution in [1.29, 1.82) is 0 Å². The number of aliphatic hydroxyl groups is 1. The molecule has 1 aromatic carbocycles. The number of aliphatic hydroxyl groups excluding tert-OH is 1. The average Bonchev–Trinajstić information content (AvgIpc) is 3.15. The highest BCUT2D eigenvalue weighted by molar-refractivity contribution is 5.88. The highest BCUT2D eigenvalue weighted by Crippen LogP contribution is 2.17. The highest BCUT2D eigenvalue weighted by atomic mass is 16.3. The molecule has 0 bridgehead atoms. The first-order valence-electron chi connectivity index (χ1n) is 8.09. The Morgan fingerprint density at radius 1 is 1.33 bits per heavy atom. The van der Waals surface area contributed by atoms with Crippen LogP contribution in [0.3, 0.4) is 0 Å². The first-order chi connectivity index (χ1) is 11.6. The standard InChI is InChI=1S/C18H22N4O2/c1-13-9-17(22(21-13)11-14-5-3-2-4-6-14)20-18(24)19-16-8-7-15(10-16)12-23/h2-9,15-16,23H,10-12H2,1H3,(H2,19,20,24)/t15-,16+/m0/s1. The molecule has 24 heavy (non-hydrogen) atoms. The zero-order valence-electron chi connectivity index (χ0n) is 13.6. The van der Waals surface area contributed by atoms with Crippen LogP contribution in [-0.4, -0.2) is 33.6 Å². The topological polar surface area (TPSA) is 79.2 Å². The molecule has 1 aliphatic carbocycles. The van der Waals surface area contributed by atoms with Gasteiger partial charge in [0.05, 0.1) is 12.2 Å². The third-order valence-corrected chi connectivity index (χ3v) is 4.04. The average molecular weight is 326 g/mol. The Morgan fingerprint density at radius 2 is 2.12 bits per heavy atom. The summed E-state index contributed by atoms with van der Waals surface area (Å²) in [5, 5.41) is 19.4. The van der Waals surface area contributed by atoms with E-state index in [0.29, 0.717) is 12.4 Å². The molecular weight excluding hydrogens is 304 g/mol. The molecule has 126 valence electrons. The Balaban J connectivity index is 1.62. The lowest BCUT2D eigenvalue weighted by Gasteiger charge is -2.14. The smallest absolute Gasteiger partial charge is 0.320 e. The fourth-order valence-corrected chi connectivity index (χ4v) is 2.86. The number of rotatable bonds is 5. The Morgan fingerprint density at radius 3 is 2.83 bits per heavy atom. The summed E-state index contributed by atoms with van der Waals surface area (Å²) in [6.07, 6.45) is 4.59. The number of amides is 2. The van der Waals surface area contributed by atoms with E-state index >= 15 is 0 Å². The van der Waals surface area contributed by atoms with E-state index in [9.17, 15) is 4.79 Å². The molecule has 0 aliphatic heterocycles. The van der Waals surface area contributed by atoms with E-state index in [1.54, 1.807) is 4.68 Å². The van der Waals surface area contributed by atoms with E-state index in [2.05, 4.69) is 15.7 Å². The van der Waals surface area contributed by atoms with Gasteiger partial charge in [0.15, 0.2) is 0 Å². The van der Waals surface area contributed by atoms with Gasteiger partial charge in [0.1, 0.15) is 5.82 Å². The first-order valence-corrected chi connectivity index (χ1v) is 8.09. The van der Waals surface area contributed by atoms with Crippen LogP contribution in [0.2, 0.25) is 0 Å². The van der Waals surface area contributed by atoms with Crippen molar-refractivity contribution < 1.29 is 9.90 Å². The zero-order chi connectivity index (χ0) is 16.9. The lowest BCUT2D eigenvalue weighted by molar-refractivity contribution is 0.238. The third kappa shape index (κ3) is 4.02. The van der Waals surface area contributed by atoms with E-state index in [0.717, 1.165) is 17.7 Å². The minimum atomic E-state index is -0.266. The van der Waals surface area contributed by atoms with Gasteiger partial charge >= 0.3 is 6.03 Å². The van der Waals surface area contributed by atoms with E-state index < -0.39 is 0 Å². The zero-order valence-corrected chi connectivity index (χ0v) is 13.6. The van der Waals surface area contributed by atoms with E-state index in [1.807, 2.05) is 55.5 Å². The van der Waals surface area contributed by atoms with E-state index in [-0.39, 0.29) is 24.6 Å². The highest BCUT2D eigenvalue weighted by Gasteiger charge is 2.20. The van der Waals surface area contributed by atoms with Crippen molar-refractivity contribution in [1.82, 2.24) is 15.1 Å². The van der Waals surface area contributed by atoms with E-state index in [4.69, 9.17) is 5.11 Å². The summed E-state index contributed by atoms with van der Waals surface area (Å²) in [7, 11) is 0. The summed E-state index contributed by atoms with van der Waals surface area (Å²) in [6, 6.07) is 11.5. The van der Waals surface area contributed by atoms with Crippen LogP contribution in [-0.2, 0) is 6.54 Å². The minimum Gasteiger partial charge on any atom is -0.396 e. The van der Waals surface area contributed by atoms with Crippen LogP contribution in [0.15, 0.2) is 48.6 Å². The molecule has 1 aliphatic rings. The molecule has 2 atom stereocenters. The lowest BCUT2D eigenvalue weighted by atomic mass is 10.1. The van der Waals surface area contributed by atoms with Crippen molar-refractivity contribution in [2.24, 2.45) is 5.92 Å². The minimum absolute atomic E-state index is 0.0475. The van der Waals surface area contributed by atoms with Crippen molar-refractivity contribution in [3.8, 4) is 0 Å². The summed E-state index contributed by atoms with van der Waals surface area (Å²) >= 11 is 0. The van der Waals surface area contributed by atoms with Gasteiger partial charge in [-0.1, -0.05) is 42.5 Å². The second-order valence-corrected chi connectivity index (χ2v) is 6.08. The number of nitrogens with one attached hydrogen (secondary N) is 2. The van der Waals surface area contributed by atoms with Gasteiger partial charge in [0.2, 0.25) is 0 Å². The van der Waals surface area contributed by atoms with Crippen molar-refractivity contribution in [2.75, 3.05) is 11.9 Å². The molecule has 3 N–H and O–H groups in total. The van der Waals surface area contributed by atoms with Crippen LogP contribution < -0.4 is 10.6 Å². The van der Waals surface area contributed by atoms with Crippen LogP contribution in [0.5, 0.6) is 0 Å². The van der Waals surface area contributed by atoms with E-state index in [1.165, 1.54) is 0 Å². The van der Waals surface area contributed by atoms with Crippen LogP contribution in [0.4, 0.5) is 10.6 Å². The second kappa shape index (κ2) is 7.31. The van der Waals surface area contributed by atoms with Gasteiger partial charge in [-0.2, -0.15) is 5.10 Å². The van der Waals surface area contributed by atoms with Crippen molar-refractivity contribution >= 4 is 11.8 Å². The fourth-order valence-electron chi connectivity index (χ4n) is 2.86. The molecule has 0 radical (unpaired) electrons. The third-order valence-electron chi connectivity index (χ3n) is 4.04. The predicted molar refractivity (Wildman–Crippen MR) is 92.8 cm³/mol. The number of urea groups is 1. The Kier molecular flexibility index (Phi) is 4.96. The molecule has 3 rings (SSSR count). The number of hydrogen-bond acceptors (Lipinski definition) is 3. The fraction of sp³-hybridized carbons (Fsp3) is 0.333. The van der Waals surface area contributed by atoms with Crippen LogP contribution >= 0.6 is 0 Å². The summed E-state index contributed by atoms with van der Waals surface area (Å²) in [5.74, 6) is 0.788. The molecule has 6 nitrogen and oxygen atoms in total. The van der Waals surface area contributed by atoms with Gasteiger partial charge in [0.25, 0.3) is 0 Å². The molecule has 0 saturated carbocycles. The van der Waals surface area contributed by atoms with Gasteiger partial charge in [0, 0.05) is 24.6 Å². The summed E-state index contributed by atoms with van der Waals surface area (Å²) < 4.78 is 1.78. The van der Waals surface area contributed by atoms with Gasteiger partial charge in [-0.3, -0.25) is 5.32 Å². The number of carbonyl (C=O) groups excluding carboxylic acids is 1. The Hall–Kier alpha value is -2.60. The van der Waals surface area contributed by atoms with Gasteiger partial charge in [-0.15, -0.1) is 0 Å².